The van der Waals surface area contributed by atoms with E-state index in [-0.39, 0.29) is 12.6 Å². The summed E-state index contributed by atoms with van der Waals surface area (Å²) < 4.78 is 16.7. The molecule has 2 nitrogen and oxygen atoms in total. The molecule has 0 amide bonds. The predicted octanol–water partition coefficient (Wildman–Crippen LogP) is 7.95. The molecule has 0 aromatic heterocycles. The molecular formula is C23H45FO2. The molecule has 0 radical (unpaired) electrons. The predicted molar refractivity (Wildman–Crippen MR) is 112 cm³/mol. The first-order valence-corrected chi connectivity index (χ1v) is 11.0. The molecular weight excluding hydrogens is 327 g/mol. The van der Waals surface area contributed by atoms with E-state index in [1.165, 1.54) is 70.6 Å². The molecule has 0 atom stereocenters. The maximum atomic E-state index is 11.7. The number of esters is 1. The van der Waals surface area contributed by atoms with Crippen molar-refractivity contribution in [3.8, 4) is 0 Å². The van der Waals surface area contributed by atoms with E-state index >= 15 is 0 Å². The van der Waals surface area contributed by atoms with Gasteiger partial charge in [-0.3, -0.25) is 4.39 Å². The first-order valence-electron chi connectivity index (χ1n) is 11.0. The van der Waals surface area contributed by atoms with Gasteiger partial charge < -0.3 is 4.74 Å². The van der Waals surface area contributed by atoms with Crippen LogP contribution in [0, 0.1) is 0 Å². The molecule has 0 fully saturated rings. The second-order valence-corrected chi connectivity index (χ2v) is 7.20. The Bertz CT molecular complexity index is 293. The normalized spacial score (nSPS) is 10.2. The van der Waals surface area contributed by atoms with Crippen LogP contribution in [0.15, 0.2) is 12.2 Å². The third-order valence-electron chi connectivity index (χ3n) is 4.32. The Morgan fingerprint density at radius 1 is 0.731 bits per heavy atom. The summed E-state index contributed by atoms with van der Waals surface area (Å²) in [6.45, 7) is 10.0. The van der Waals surface area contributed by atoms with Crippen LogP contribution in [0.25, 0.3) is 0 Å². The first-order chi connectivity index (χ1) is 12.6. The van der Waals surface area contributed by atoms with Gasteiger partial charge in [0.25, 0.3) is 0 Å². The topological polar surface area (TPSA) is 26.3 Å². The Hall–Kier alpha value is -0.860. The van der Waals surface area contributed by atoms with E-state index in [9.17, 15) is 9.18 Å². The summed E-state index contributed by atoms with van der Waals surface area (Å²) >= 11 is 0. The van der Waals surface area contributed by atoms with Gasteiger partial charge in [-0.2, -0.15) is 0 Å². The fraction of sp³-hybridized carbons (Fsp3) is 0.870. The third kappa shape index (κ3) is 25.4. The number of ether oxygens (including phenoxy) is 1. The van der Waals surface area contributed by atoms with E-state index in [0.717, 1.165) is 25.7 Å². The van der Waals surface area contributed by atoms with Gasteiger partial charge in [0.1, 0.15) is 0 Å². The molecule has 0 aromatic rings. The Balaban J connectivity index is 0. The van der Waals surface area contributed by atoms with E-state index < -0.39 is 0 Å². The van der Waals surface area contributed by atoms with Gasteiger partial charge in [-0.15, -0.1) is 0 Å². The molecule has 0 bridgehead atoms. The summed E-state index contributed by atoms with van der Waals surface area (Å²) in [6, 6.07) is 0. The van der Waals surface area contributed by atoms with Crippen molar-refractivity contribution < 1.29 is 13.9 Å². The van der Waals surface area contributed by atoms with Crippen molar-refractivity contribution in [2.75, 3.05) is 13.3 Å². The summed E-state index contributed by atoms with van der Waals surface area (Å²) in [5.74, 6) is -0.268. The SMILES string of the molecule is C=C(C)C(=O)OCCCCCCC.CCCCCCCCCCCCF. The fourth-order valence-corrected chi connectivity index (χ4v) is 2.58. The molecule has 0 spiro atoms. The molecule has 0 rings (SSSR count). The Morgan fingerprint density at radius 2 is 1.12 bits per heavy atom. The number of carbonyl (C=O) groups is 1. The molecule has 0 unspecified atom stereocenters. The fourth-order valence-electron chi connectivity index (χ4n) is 2.58. The molecule has 0 saturated carbocycles. The molecule has 3 heteroatoms. The van der Waals surface area contributed by atoms with Crippen LogP contribution in [-0.2, 0) is 9.53 Å². The zero-order valence-electron chi connectivity index (χ0n) is 17.9. The van der Waals surface area contributed by atoms with Crippen molar-refractivity contribution in [2.45, 2.75) is 117 Å². The first kappa shape index (κ1) is 27.4. The third-order valence-corrected chi connectivity index (χ3v) is 4.32. The van der Waals surface area contributed by atoms with Crippen LogP contribution in [0.4, 0.5) is 4.39 Å². The lowest BCUT2D eigenvalue weighted by Gasteiger charge is -2.03. The minimum Gasteiger partial charge on any atom is -0.462 e. The zero-order valence-corrected chi connectivity index (χ0v) is 17.9. The van der Waals surface area contributed by atoms with Gasteiger partial charge in [-0.25, -0.2) is 4.79 Å². The molecule has 0 aliphatic rings. The maximum absolute atomic E-state index is 11.7. The number of unbranched alkanes of at least 4 members (excludes halogenated alkanes) is 13. The minimum absolute atomic E-state index is 0.128. The van der Waals surface area contributed by atoms with Crippen molar-refractivity contribution >= 4 is 5.97 Å². The summed E-state index contributed by atoms with van der Waals surface area (Å²) in [5, 5.41) is 0. The van der Waals surface area contributed by atoms with Crippen molar-refractivity contribution in [1.82, 2.24) is 0 Å². The van der Waals surface area contributed by atoms with Gasteiger partial charge in [0.15, 0.2) is 0 Å². The number of hydrogen-bond donors (Lipinski definition) is 0. The second kappa shape index (κ2) is 24.1. The number of carbonyl (C=O) groups excluding carboxylic acids is 1. The van der Waals surface area contributed by atoms with Crippen molar-refractivity contribution in [3.63, 3.8) is 0 Å². The van der Waals surface area contributed by atoms with E-state index in [4.69, 9.17) is 4.74 Å². The van der Waals surface area contributed by atoms with Crippen molar-refractivity contribution in [1.29, 1.82) is 0 Å². The van der Waals surface area contributed by atoms with E-state index in [1.807, 2.05) is 0 Å². The largest absolute Gasteiger partial charge is 0.462 e. The molecule has 0 heterocycles. The Morgan fingerprint density at radius 3 is 1.50 bits per heavy atom. The maximum Gasteiger partial charge on any atom is 0.333 e. The van der Waals surface area contributed by atoms with Crippen LogP contribution < -0.4 is 0 Å². The van der Waals surface area contributed by atoms with Crippen LogP contribution >= 0.6 is 0 Å². The standard InChI is InChI=1S/C12H25F.C11H20O2/c1-2-3-4-5-6-7-8-9-10-11-12-13;1-4-5-6-7-8-9-13-11(12)10(2)3/h2-12H2,1H3;2,4-9H2,1,3H3. The van der Waals surface area contributed by atoms with Gasteiger partial charge in [-0.05, 0) is 19.8 Å². The summed E-state index contributed by atoms with van der Waals surface area (Å²) in [6.07, 6.45) is 18.5. The summed E-state index contributed by atoms with van der Waals surface area (Å²) in [7, 11) is 0. The number of alkyl halides is 1. The van der Waals surface area contributed by atoms with E-state index in [2.05, 4.69) is 20.4 Å². The number of halogens is 1. The van der Waals surface area contributed by atoms with Gasteiger partial charge in [0.2, 0.25) is 0 Å². The van der Waals surface area contributed by atoms with Crippen LogP contribution in [0.1, 0.15) is 117 Å². The van der Waals surface area contributed by atoms with Crippen LogP contribution in [0.3, 0.4) is 0 Å². The van der Waals surface area contributed by atoms with Gasteiger partial charge >= 0.3 is 5.97 Å². The lowest BCUT2D eigenvalue weighted by atomic mass is 10.1. The lowest BCUT2D eigenvalue weighted by molar-refractivity contribution is -0.139. The number of hydrogen-bond acceptors (Lipinski definition) is 2. The minimum atomic E-state index is -0.268. The lowest BCUT2D eigenvalue weighted by Crippen LogP contribution is -2.05. The van der Waals surface area contributed by atoms with Gasteiger partial charge in [0.05, 0.1) is 13.3 Å². The zero-order chi connectivity index (χ0) is 19.9. The number of rotatable bonds is 17. The molecule has 0 saturated heterocycles. The van der Waals surface area contributed by atoms with Crippen LogP contribution in [0.5, 0.6) is 0 Å². The van der Waals surface area contributed by atoms with Gasteiger partial charge in [0, 0.05) is 5.57 Å². The summed E-state index contributed by atoms with van der Waals surface area (Å²) in [4.78, 5) is 10.9. The highest BCUT2D eigenvalue weighted by molar-refractivity contribution is 5.86. The smallest absolute Gasteiger partial charge is 0.333 e. The molecule has 0 N–H and O–H groups in total. The molecule has 26 heavy (non-hydrogen) atoms. The van der Waals surface area contributed by atoms with E-state index in [0.29, 0.717) is 12.2 Å². The monoisotopic (exact) mass is 372 g/mol. The van der Waals surface area contributed by atoms with Crippen LogP contribution in [0.2, 0.25) is 0 Å². The van der Waals surface area contributed by atoms with E-state index in [1.54, 1.807) is 6.92 Å². The molecule has 0 aliphatic heterocycles. The highest BCUT2D eigenvalue weighted by Crippen LogP contribution is 2.10. The quantitative estimate of drug-likeness (QED) is 0.147. The summed E-state index contributed by atoms with van der Waals surface area (Å²) in [5.41, 5.74) is 0.480. The van der Waals surface area contributed by atoms with Crippen LogP contribution in [-0.4, -0.2) is 19.3 Å². The highest BCUT2D eigenvalue weighted by atomic mass is 19.1. The molecule has 0 aliphatic carbocycles. The van der Waals surface area contributed by atoms with Crippen molar-refractivity contribution in [2.24, 2.45) is 0 Å². The highest BCUT2D eigenvalue weighted by Gasteiger charge is 2.01. The average molecular weight is 373 g/mol. The second-order valence-electron chi connectivity index (χ2n) is 7.20. The Kier molecular flexibility index (Phi) is 25.4. The molecule has 156 valence electrons. The van der Waals surface area contributed by atoms with Crippen molar-refractivity contribution in [3.05, 3.63) is 12.2 Å². The average Bonchev–Trinajstić information content (AvgIpc) is 2.63. The Labute approximate surface area is 163 Å². The van der Waals surface area contributed by atoms with Gasteiger partial charge in [-0.1, -0.05) is 104 Å². The molecule has 0 aromatic carbocycles.